The quantitative estimate of drug-likeness (QED) is 0.248. The Labute approximate surface area is 168 Å². The van der Waals surface area contributed by atoms with E-state index in [1.54, 1.807) is 0 Å². The first-order valence-electron chi connectivity index (χ1n) is 6.62. The molecule has 1 rings (SSSR count). The number of hydrogen-bond donors (Lipinski definition) is 4. The van der Waals surface area contributed by atoms with E-state index in [0.717, 1.165) is 41.8 Å². The molecule has 142 valence electrons. The Morgan fingerprint density at radius 1 is 1.12 bits per heavy atom. The predicted octanol–water partition coefficient (Wildman–Crippen LogP) is 0.881. The third-order valence-electron chi connectivity index (χ3n) is 2.58. The van der Waals surface area contributed by atoms with Crippen LogP contribution in [0.15, 0.2) is 0 Å². The third-order valence-corrected chi connectivity index (χ3v) is 9.73. The van der Waals surface area contributed by atoms with Crippen LogP contribution in [0.2, 0.25) is 0 Å². The van der Waals surface area contributed by atoms with E-state index in [-0.39, 0.29) is 25.1 Å². The topological polar surface area (TPSA) is 137 Å². The fourth-order valence-electron chi connectivity index (χ4n) is 1.37. The van der Waals surface area contributed by atoms with Gasteiger partial charge in [0.15, 0.2) is 0 Å². The van der Waals surface area contributed by atoms with Gasteiger partial charge in [-0.1, -0.05) is 0 Å². The molecule has 9 nitrogen and oxygen atoms in total. The van der Waals surface area contributed by atoms with Gasteiger partial charge in [0.05, 0.1) is 0 Å². The highest BCUT2D eigenvalue weighted by Gasteiger charge is 2.22. The van der Waals surface area contributed by atoms with Crippen LogP contribution in [0.5, 0.6) is 0 Å². The molecular formula is C10H15N3O6S6. The summed E-state index contributed by atoms with van der Waals surface area (Å²) in [5.74, 6) is -2.29. The normalized spacial score (nSPS) is 25.7. The number of rotatable bonds is 1. The summed E-state index contributed by atoms with van der Waals surface area (Å²) in [6, 6.07) is -1.87. The van der Waals surface area contributed by atoms with Crippen molar-refractivity contribution in [1.29, 1.82) is 0 Å². The monoisotopic (exact) mass is 465 g/mol. The number of nitrogens with two attached hydrogens (primary N) is 1. The molecule has 0 bridgehead atoms. The lowest BCUT2D eigenvalue weighted by atomic mass is 10.1. The smallest absolute Gasteiger partial charge is 0.338 e. The molecule has 4 N–H and O–H groups in total. The van der Waals surface area contributed by atoms with Gasteiger partial charge in [0.25, 0.3) is 0 Å². The van der Waals surface area contributed by atoms with Crippen LogP contribution >= 0.6 is 64.3 Å². The largest absolute Gasteiger partial charge is 0.377 e. The molecule has 15 heteroatoms. The van der Waals surface area contributed by atoms with Crippen LogP contribution in [0.1, 0.15) is 12.8 Å². The number of amides is 2. The van der Waals surface area contributed by atoms with E-state index < -0.39 is 35.8 Å². The second kappa shape index (κ2) is 13.2. The van der Waals surface area contributed by atoms with Gasteiger partial charge in [-0.2, -0.15) is 12.6 Å². The van der Waals surface area contributed by atoms with Crippen molar-refractivity contribution in [3.63, 3.8) is 0 Å². The second-order valence-corrected chi connectivity index (χ2v) is 11.5. The van der Waals surface area contributed by atoms with Crippen molar-refractivity contribution in [3.05, 3.63) is 0 Å². The lowest BCUT2D eigenvalue weighted by Gasteiger charge is -2.17. The van der Waals surface area contributed by atoms with Crippen molar-refractivity contribution in [2.24, 2.45) is 5.73 Å². The zero-order chi connectivity index (χ0) is 18.7. The average Bonchev–Trinajstić information content (AvgIpc) is 2.60. The van der Waals surface area contributed by atoms with Crippen LogP contribution in [0.25, 0.3) is 0 Å². The van der Waals surface area contributed by atoms with Gasteiger partial charge in [0, 0.05) is 41.7 Å². The summed E-state index contributed by atoms with van der Waals surface area (Å²) in [4.78, 5) is 46.9. The van der Waals surface area contributed by atoms with Gasteiger partial charge in [0.2, 0.25) is 11.8 Å². The first-order chi connectivity index (χ1) is 11.9. The van der Waals surface area contributed by atoms with Crippen LogP contribution in [0.3, 0.4) is 0 Å². The Hall–Kier alpha value is -0.0600. The first kappa shape index (κ1) is 23.0. The molecule has 1 fully saturated rings. The second-order valence-electron chi connectivity index (χ2n) is 4.36. The van der Waals surface area contributed by atoms with Crippen LogP contribution in [-0.4, -0.2) is 48.1 Å². The number of hydrogen-bond acceptors (Lipinski definition) is 13. The van der Waals surface area contributed by atoms with Crippen molar-refractivity contribution in [2.75, 3.05) is 12.3 Å². The Morgan fingerprint density at radius 3 is 2.48 bits per heavy atom. The molecule has 1 saturated heterocycles. The number of carbonyl (C=O) groups excluding carboxylic acids is 4. The average molecular weight is 466 g/mol. The summed E-state index contributed by atoms with van der Waals surface area (Å²) in [5.41, 5.74) is 5.66. The molecule has 0 radical (unpaired) electrons. The fraction of sp³-hybridized carbons (Fsp3) is 0.600. The lowest BCUT2D eigenvalue weighted by molar-refractivity contribution is -0.135. The molecule has 0 spiro atoms. The summed E-state index contributed by atoms with van der Waals surface area (Å²) >= 11 is 5.63. The Morgan fingerprint density at radius 2 is 1.80 bits per heavy atom. The molecule has 0 aliphatic carbocycles. The Balaban J connectivity index is 2.63. The molecular weight excluding hydrogens is 451 g/mol. The van der Waals surface area contributed by atoms with E-state index in [1.165, 1.54) is 9.83 Å². The number of nitrogens with one attached hydrogen (secondary N) is 2. The molecule has 25 heavy (non-hydrogen) atoms. The van der Waals surface area contributed by atoms with E-state index in [2.05, 4.69) is 23.3 Å². The SMILES string of the molecule is NC1CCC(=O)NC(CS)C(=O)NCC(=O)OSSSSSOC1=O. The van der Waals surface area contributed by atoms with Crippen molar-refractivity contribution in [3.8, 4) is 0 Å². The summed E-state index contributed by atoms with van der Waals surface area (Å²) < 4.78 is 9.68. The van der Waals surface area contributed by atoms with Crippen molar-refractivity contribution in [1.82, 2.24) is 10.6 Å². The van der Waals surface area contributed by atoms with E-state index >= 15 is 0 Å². The predicted molar refractivity (Wildman–Crippen MR) is 106 cm³/mol. The first-order valence-corrected chi connectivity index (χ1v) is 13.2. The van der Waals surface area contributed by atoms with Gasteiger partial charge in [-0.05, 0) is 6.42 Å². The minimum atomic E-state index is -0.950. The zero-order valence-electron chi connectivity index (χ0n) is 12.5. The summed E-state index contributed by atoms with van der Waals surface area (Å²) in [6.45, 7) is -0.332. The maximum atomic E-state index is 11.9. The van der Waals surface area contributed by atoms with Gasteiger partial charge in [-0.25, -0.2) is 9.59 Å². The van der Waals surface area contributed by atoms with Gasteiger partial charge in [-0.15, -0.1) is 0 Å². The van der Waals surface area contributed by atoms with Gasteiger partial charge in [0.1, 0.15) is 40.8 Å². The van der Waals surface area contributed by atoms with E-state index in [4.69, 9.17) is 14.1 Å². The summed E-state index contributed by atoms with van der Waals surface area (Å²) in [5, 5.41) is 4.82. The molecule has 0 aromatic heterocycles. The highest BCUT2D eigenvalue weighted by Crippen LogP contribution is 2.49. The van der Waals surface area contributed by atoms with Crippen LogP contribution in [-0.2, 0) is 27.5 Å². The summed E-state index contributed by atoms with van der Waals surface area (Å²) in [6.07, 6.45) is 0.00971. The highest BCUT2D eigenvalue weighted by atomic mass is 33.8. The molecule has 0 saturated carbocycles. The lowest BCUT2D eigenvalue weighted by Crippen LogP contribution is -2.49. The maximum Gasteiger partial charge on any atom is 0.338 e. The summed E-state index contributed by atoms with van der Waals surface area (Å²) in [7, 11) is 3.48. The standard InChI is InChI=1S/C10H15N3O6S6/c11-5-1-2-7(14)13-6(4-20)9(16)12-3-8(15)18-21-23-25-24-22-19-10(5)17/h5-6,20H,1-4,11H2,(H,12,16)(H,13,14). The molecule has 0 aromatic rings. The molecule has 2 unspecified atom stereocenters. The van der Waals surface area contributed by atoms with Gasteiger partial charge < -0.3 is 24.7 Å². The van der Waals surface area contributed by atoms with E-state index in [9.17, 15) is 19.2 Å². The fourth-order valence-corrected chi connectivity index (χ4v) is 7.66. The molecule has 1 aliphatic rings. The van der Waals surface area contributed by atoms with E-state index in [0.29, 0.717) is 0 Å². The molecule has 2 amide bonds. The minimum Gasteiger partial charge on any atom is -0.377 e. The van der Waals surface area contributed by atoms with Gasteiger partial charge in [-0.3, -0.25) is 9.59 Å². The molecule has 2 atom stereocenters. The van der Waals surface area contributed by atoms with Crippen LogP contribution in [0, 0.1) is 0 Å². The zero-order valence-corrected chi connectivity index (χ0v) is 17.5. The van der Waals surface area contributed by atoms with Crippen LogP contribution < -0.4 is 16.4 Å². The van der Waals surface area contributed by atoms with Crippen molar-refractivity contribution < 1.29 is 27.5 Å². The number of thiol groups is 1. The minimum absolute atomic E-state index is 0.0375. The maximum absolute atomic E-state index is 11.9. The van der Waals surface area contributed by atoms with Crippen LogP contribution in [0.4, 0.5) is 0 Å². The van der Waals surface area contributed by atoms with Crippen molar-refractivity contribution >= 4 is 88.0 Å². The molecule has 0 aromatic carbocycles. The van der Waals surface area contributed by atoms with Gasteiger partial charge >= 0.3 is 11.9 Å². The Kier molecular flexibility index (Phi) is 12.1. The highest BCUT2D eigenvalue weighted by molar-refractivity contribution is 9.35. The molecule has 1 heterocycles. The molecule has 1 aliphatic heterocycles. The van der Waals surface area contributed by atoms with Crippen molar-refractivity contribution in [2.45, 2.75) is 24.9 Å². The van der Waals surface area contributed by atoms with E-state index in [1.807, 2.05) is 0 Å². The Bertz CT molecular complexity index is 498. The third kappa shape index (κ3) is 10.0. The number of carbonyl (C=O) groups is 4.